The van der Waals surface area contributed by atoms with Crippen LogP contribution in [0.1, 0.15) is 45.3 Å². The molecule has 0 bridgehead atoms. The summed E-state index contributed by atoms with van der Waals surface area (Å²) >= 11 is 1.38. The third-order valence-electron chi connectivity index (χ3n) is 5.29. The molecule has 2 aliphatic rings. The Kier molecular flexibility index (Phi) is 4.88. The number of carbonyl (C=O) groups excluding carboxylic acids is 2. The summed E-state index contributed by atoms with van der Waals surface area (Å²) in [6.07, 6.45) is 1.35. The van der Waals surface area contributed by atoms with Gasteiger partial charge in [-0.05, 0) is 37.1 Å². The van der Waals surface area contributed by atoms with Crippen LogP contribution < -0.4 is 0 Å². The molecule has 30 heavy (non-hydrogen) atoms. The second-order valence-corrected chi connectivity index (χ2v) is 8.50. The third kappa shape index (κ3) is 3.42. The molecule has 0 spiro atoms. The van der Waals surface area contributed by atoms with Gasteiger partial charge in [0.15, 0.2) is 5.16 Å². The number of amides is 2. The fraction of sp³-hybridized carbons (Fsp3) is 0.273. The van der Waals surface area contributed by atoms with Crippen molar-refractivity contribution >= 4 is 23.6 Å². The quantitative estimate of drug-likeness (QED) is 0.467. The van der Waals surface area contributed by atoms with E-state index in [0.717, 1.165) is 29.3 Å². The zero-order valence-corrected chi connectivity index (χ0v) is 17.0. The molecule has 1 fully saturated rings. The van der Waals surface area contributed by atoms with Crippen molar-refractivity contribution in [2.75, 3.05) is 12.3 Å². The van der Waals surface area contributed by atoms with E-state index in [1.54, 1.807) is 24.3 Å². The van der Waals surface area contributed by atoms with Gasteiger partial charge in [-0.25, -0.2) is 0 Å². The number of thioether (sulfide) groups is 1. The minimum Gasteiger partial charge on any atom is -0.390 e. The Balaban J connectivity index is 1.29. The van der Waals surface area contributed by atoms with Crippen molar-refractivity contribution in [3.8, 4) is 5.69 Å². The number of nitrogens with zero attached hydrogens (tertiary/aromatic N) is 4. The summed E-state index contributed by atoms with van der Waals surface area (Å²) in [7, 11) is 0. The van der Waals surface area contributed by atoms with Crippen molar-refractivity contribution in [1.82, 2.24) is 19.7 Å². The highest BCUT2D eigenvalue weighted by molar-refractivity contribution is 7.99. The van der Waals surface area contributed by atoms with Gasteiger partial charge in [0, 0.05) is 17.4 Å². The lowest BCUT2D eigenvalue weighted by Crippen LogP contribution is -2.37. The molecule has 2 heterocycles. The molecule has 2 amide bonds. The van der Waals surface area contributed by atoms with Gasteiger partial charge in [0.05, 0.1) is 23.8 Å². The Morgan fingerprint density at radius 1 is 0.967 bits per heavy atom. The standard InChI is InChI=1S/C22H20N4O3S/c27-16(12-25-20(28)17-8-4-5-9-18(17)21(25)29)13-30-22-24-23-19(14-10-11-14)26(22)15-6-2-1-3-7-15/h1-9,14,16,27H,10-13H2/t16-/m0/s1. The Labute approximate surface area is 177 Å². The van der Waals surface area contributed by atoms with Crippen molar-refractivity contribution in [3.05, 3.63) is 71.5 Å². The third-order valence-corrected chi connectivity index (χ3v) is 6.37. The van der Waals surface area contributed by atoms with E-state index in [4.69, 9.17) is 0 Å². The summed E-state index contributed by atoms with van der Waals surface area (Å²) in [5.41, 5.74) is 1.77. The number of aliphatic hydroxyl groups excluding tert-OH is 1. The fourth-order valence-electron chi connectivity index (χ4n) is 3.64. The summed E-state index contributed by atoms with van der Waals surface area (Å²) in [4.78, 5) is 26.1. The first-order valence-corrected chi connectivity index (χ1v) is 10.9. The van der Waals surface area contributed by atoms with Gasteiger partial charge >= 0.3 is 0 Å². The number of rotatable bonds is 7. The van der Waals surface area contributed by atoms with Crippen molar-refractivity contribution < 1.29 is 14.7 Å². The number of hydrogen-bond donors (Lipinski definition) is 1. The average molecular weight is 420 g/mol. The van der Waals surface area contributed by atoms with Crippen LogP contribution in [0.25, 0.3) is 5.69 Å². The summed E-state index contributed by atoms with van der Waals surface area (Å²) < 4.78 is 2.04. The van der Waals surface area contributed by atoms with E-state index in [0.29, 0.717) is 28.0 Å². The van der Waals surface area contributed by atoms with E-state index >= 15 is 0 Å². The minimum atomic E-state index is -0.873. The molecule has 7 nitrogen and oxygen atoms in total. The molecule has 1 saturated carbocycles. The lowest BCUT2D eigenvalue weighted by molar-refractivity contribution is 0.0567. The molecule has 0 unspecified atom stereocenters. The Morgan fingerprint density at radius 3 is 2.23 bits per heavy atom. The van der Waals surface area contributed by atoms with Crippen LogP contribution in [0.2, 0.25) is 0 Å². The number of aliphatic hydroxyl groups is 1. The molecular weight excluding hydrogens is 400 g/mol. The normalized spacial score (nSPS) is 16.8. The highest BCUT2D eigenvalue weighted by Crippen LogP contribution is 2.41. The maximum absolute atomic E-state index is 12.5. The van der Waals surface area contributed by atoms with Gasteiger partial charge in [0.2, 0.25) is 0 Å². The van der Waals surface area contributed by atoms with Crippen LogP contribution in [-0.4, -0.2) is 55.0 Å². The molecule has 1 aliphatic carbocycles. The Morgan fingerprint density at radius 2 is 1.60 bits per heavy atom. The van der Waals surface area contributed by atoms with Crippen LogP contribution in [0.15, 0.2) is 59.8 Å². The van der Waals surface area contributed by atoms with Crippen LogP contribution in [0.4, 0.5) is 0 Å². The van der Waals surface area contributed by atoms with Gasteiger partial charge in [0.1, 0.15) is 5.82 Å². The number of para-hydroxylation sites is 1. The Bertz CT molecular complexity index is 1080. The van der Waals surface area contributed by atoms with Crippen LogP contribution in [0.5, 0.6) is 0 Å². The van der Waals surface area contributed by atoms with Gasteiger partial charge in [-0.1, -0.05) is 42.1 Å². The van der Waals surface area contributed by atoms with Crippen LogP contribution in [-0.2, 0) is 0 Å². The molecule has 1 aliphatic heterocycles. The van der Waals surface area contributed by atoms with Gasteiger partial charge in [-0.2, -0.15) is 0 Å². The molecule has 0 radical (unpaired) electrons. The largest absolute Gasteiger partial charge is 0.390 e. The number of carbonyl (C=O) groups is 2. The number of hydrogen-bond acceptors (Lipinski definition) is 6. The zero-order chi connectivity index (χ0) is 20.7. The molecule has 1 N–H and O–H groups in total. The second-order valence-electron chi connectivity index (χ2n) is 7.52. The van der Waals surface area contributed by atoms with E-state index < -0.39 is 6.10 Å². The van der Waals surface area contributed by atoms with Gasteiger partial charge in [-0.15, -0.1) is 10.2 Å². The molecule has 3 aromatic rings. The van der Waals surface area contributed by atoms with Gasteiger partial charge in [0.25, 0.3) is 11.8 Å². The summed E-state index contributed by atoms with van der Waals surface area (Å²) in [6, 6.07) is 16.7. The van der Waals surface area contributed by atoms with Crippen LogP contribution in [0.3, 0.4) is 0 Å². The lowest BCUT2D eigenvalue weighted by atomic mass is 10.1. The molecule has 2 aromatic carbocycles. The van der Waals surface area contributed by atoms with E-state index in [1.807, 2.05) is 34.9 Å². The maximum Gasteiger partial charge on any atom is 0.261 e. The number of fused-ring (bicyclic) bond motifs is 1. The molecule has 0 saturated heterocycles. The predicted molar refractivity (Wildman–Crippen MR) is 112 cm³/mol. The molecule has 152 valence electrons. The zero-order valence-electron chi connectivity index (χ0n) is 16.1. The summed E-state index contributed by atoms with van der Waals surface area (Å²) in [5.74, 6) is 0.948. The smallest absolute Gasteiger partial charge is 0.261 e. The molecule has 1 aromatic heterocycles. The fourth-order valence-corrected chi connectivity index (χ4v) is 4.51. The summed E-state index contributed by atoms with van der Waals surface area (Å²) in [6.45, 7) is -0.0473. The monoisotopic (exact) mass is 420 g/mol. The van der Waals surface area contributed by atoms with Crippen LogP contribution >= 0.6 is 11.8 Å². The first-order valence-electron chi connectivity index (χ1n) is 9.90. The van der Waals surface area contributed by atoms with E-state index in [9.17, 15) is 14.7 Å². The second kappa shape index (κ2) is 7.70. The van der Waals surface area contributed by atoms with Gasteiger partial charge < -0.3 is 5.11 Å². The average Bonchev–Trinajstić information content (AvgIpc) is 3.49. The lowest BCUT2D eigenvalue weighted by Gasteiger charge is -2.18. The molecule has 1 atom stereocenters. The maximum atomic E-state index is 12.5. The first-order chi connectivity index (χ1) is 14.6. The number of β-amino-alcohol motifs (C(OH)–C–C–N with tert-alkyl or cyclic N) is 1. The van der Waals surface area contributed by atoms with E-state index in [2.05, 4.69) is 10.2 Å². The van der Waals surface area contributed by atoms with Gasteiger partial charge in [-0.3, -0.25) is 19.1 Å². The predicted octanol–water partition coefficient (Wildman–Crippen LogP) is 2.89. The van der Waals surface area contributed by atoms with Crippen molar-refractivity contribution in [2.24, 2.45) is 0 Å². The molecule has 8 heteroatoms. The topological polar surface area (TPSA) is 88.3 Å². The summed E-state index contributed by atoms with van der Waals surface area (Å²) in [5, 5.41) is 20.0. The van der Waals surface area contributed by atoms with E-state index in [1.165, 1.54) is 11.8 Å². The number of imide groups is 1. The first kappa shape index (κ1) is 19.0. The van der Waals surface area contributed by atoms with Crippen molar-refractivity contribution in [2.45, 2.75) is 30.0 Å². The van der Waals surface area contributed by atoms with Crippen molar-refractivity contribution in [3.63, 3.8) is 0 Å². The molecule has 5 rings (SSSR count). The SMILES string of the molecule is O=C1c2ccccc2C(=O)N1C[C@H](O)CSc1nnc(C2CC2)n1-c1ccccc1. The Hall–Kier alpha value is -2.97. The number of aromatic nitrogens is 3. The van der Waals surface area contributed by atoms with Crippen LogP contribution in [0, 0.1) is 0 Å². The molecular formula is C22H20N4O3S. The van der Waals surface area contributed by atoms with Crippen molar-refractivity contribution in [1.29, 1.82) is 0 Å². The highest BCUT2D eigenvalue weighted by atomic mass is 32.2. The highest BCUT2D eigenvalue weighted by Gasteiger charge is 2.36. The minimum absolute atomic E-state index is 0.0473. The van der Waals surface area contributed by atoms with E-state index in [-0.39, 0.29) is 18.4 Å². The number of benzene rings is 2.